The van der Waals surface area contributed by atoms with Crippen molar-refractivity contribution in [3.8, 4) is 0 Å². The first-order valence-electron chi connectivity index (χ1n) is 5.59. The molecular weight excluding hydrogens is 240 g/mol. The van der Waals surface area contributed by atoms with Crippen LogP contribution in [-0.2, 0) is 10.7 Å². The third-order valence-electron chi connectivity index (χ3n) is 2.91. The number of para-hydroxylation sites is 1. The zero-order valence-electron chi connectivity index (χ0n) is 9.84. The molecule has 5 heteroatoms. The lowest BCUT2D eigenvalue weighted by atomic mass is 10.0. The van der Waals surface area contributed by atoms with E-state index < -0.39 is 24.7 Å². The molecule has 2 aromatic rings. The van der Waals surface area contributed by atoms with Gasteiger partial charge in [-0.1, -0.05) is 18.2 Å². The molecule has 3 nitrogen and oxygen atoms in total. The molecule has 18 heavy (non-hydrogen) atoms. The number of carboxylic acid groups (broad SMARTS) is 1. The van der Waals surface area contributed by atoms with Crippen LogP contribution in [0.1, 0.15) is 24.1 Å². The van der Waals surface area contributed by atoms with E-state index in [0.717, 1.165) is 0 Å². The quantitative estimate of drug-likeness (QED) is 0.877. The Kier molecular flexibility index (Phi) is 3.07. The van der Waals surface area contributed by atoms with Gasteiger partial charge in [0.1, 0.15) is 0 Å². The normalized spacial score (nSPS) is 11.9. The van der Waals surface area contributed by atoms with Crippen molar-refractivity contribution in [2.24, 2.45) is 0 Å². The highest BCUT2D eigenvalue weighted by molar-refractivity contribution is 5.85. The van der Waals surface area contributed by atoms with Crippen LogP contribution in [0.5, 0.6) is 0 Å². The summed E-state index contributed by atoms with van der Waals surface area (Å²) in [6.07, 6.45) is -1.24. The second-order valence-corrected chi connectivity index (χ2v) is 4.27. The topological polar surface area (TPSA) is 53.1 Å². The van der Waals surface area contributed by atoms with Crippen LogP contribution >= 0.6 is 0 Å². The Bertz CT molecular complexity index is 590. The van der Waals surface area contributed by atoms with Gasteiger partial charge in [-0.2, -0.15) is 0 Å². The molecule has 0 aliphatic carbocycles. The first-order valence-corrected chi connectivity index (χ1v) is 5.59. The maximum absolute atomic E-state index is 14.1. The van der Waals surface area contributed by atoms with Crippen LogP contribution in [0.15, 0.2) is 24.3 Å². The first kappa shape index (κ1) is 12.5. The molecule has 0 unspecified atom stereocenters. The number of rotatable bonds is 4. The van der Waals surface area contributed by atoms with E-state index in [9.17, 15) is 13.6 Å². The number of hydrogen-bond donors (Lipinski definition) is 2. The van der Waals surface area contributed by atoms with E-state index in [-0.39, 0.29) is 5.56 Å². The highest BCUT2D eigenvalue weighted by Gasteiger charge is 2.36. The van der Waals surface area contributed by atoms with Crippen molar-refractivity contribution in [1.29, 1.82) is 0 Å². The van der Waals surface area contributed by atoms with Gasteiger partial charge in [0.25, 0.3) is 5.92 Å². The van der Waals surface area contributed by atoms with Crippen molar-refractivity contribution in [2.75, 3.05) is 0 Å². The van der Waals surface area contributed by atoms with Gasteiger partial charge in [0, 0.05) is 28.6 Å². The van der Waals surface area contributed by atoms with E-state index >= 15 is 0 Å². The summed E-state index contributed by atoms with van der Waals surface area (Å²) < 4.78 is 28.1. The van der Waals surface area contributed by atoms with Crippen molar-refractivity contribution in [3.63, 3.8) is 0 Å². The van der Waals surface area contributed by atoms with Gasteiger partial charge in [0.15, 0.2) is 0 Å². The zero-order chi connectivity index (χ0) is 13.3. The summed E-state index contributed by atoms with van der Waals surface area (Å²) >= 11 is 0. The number of benzene rings is 1. The van der Waals surface area contributed by atoms with Crippen LogP contribution in [0.25, 0.3) is 10.9 Å². The van der Waals surface area contributed by atoms with E-state index in [2.05, 4.69) is 4.98 Å². The summed E-state index contributed by atoms with van der Waals surface area (Å²) in [5.41, 5.74) is 0.922. The molecule has 0 amide bonds. The SMILES string of the molecule is Cc1[nH]c2ccccc2c1C(F)(F)CCC(=O)O. The highest BCUT2D eigenvalue weighted by atomic mass is 19.3. The Morgan fingerprint density at radius 3 is 2.72 bits per heavy atom. The molecule has 0 spiro atoms. The molecule has 0 bridgehead atoms. The Hall–Kier alpha value is -1.91. The van der Waals surface area contributed by atoms with Crippen LogP contribution in [0.3, 0.4) is 0 Å². The van der Waals surface area contributed by atoms with Gasteiger partial charge in [0.2, 0.25) is 0 Å². The third-order valence-corrected chi connectivity index (χ3v) is 2.91. The van der Waals surface area contributed by atoms with Gasteiger partial charge < -0.3 is 10.1 Å². The molecule has 0 aliphatic heterocycles. The molecule has 0 atom stereocenters. The monoisotopic (exact) mass is 253 g/mol. The third kappa shape index (κ3) is 2.20. The van der Waals surface area contributed by atoms with Crippen LogP contribution in [0, 0.1) is 6.92 Å². The van der Waals surface area contributed by atoms with Gasteiger partial charge in [-0.15, -0.1) is 0 Å². The van der Waals surface area contributed by atoms with Gasteiger partial charge in [-0.25, -0.2) is 8.78 Å². The Morgan fingerprint density at radius 2 is 2.06 bits per heavy atom. The molecule has 96 valence electrons. The number of nitrogens with one attached hydrogen (secondary N) is 1. The molecule has 0 fully saturated rings. The standard InChI is InChI=1S/C13H13F2NO2/c1-8-12(13(14,15)7-6-11(17)18)9-4-2-3-5-10(9)16-8/h2-5,16H,6-7H2,1H3,(H,17,18). The van der Waals surface area contributed by atoms with Crippen LogP contribution in [0.4, 0.5) is 8.78 Å². The van der Waals surface area contributed by atoms with Gasteiger partial charge >= 0.3 is 5.97 Å². The molecule has 2 rings (SSSR count). The summed E-state index contributed by atoms with van der Waals surface area (Å²) in [6, 6.07) is 6.78. The fraction of sp³-hybridized carbons (Fsp3) is 0.308. The number of carbonyl (C=O) groups is 1. The molecular formula is C13H13F2NO2. The first-order chi connectivity index (χ1) is 8.42. The van der Waals surface area contributed by atoms with E-state index in [1.54, 1.807) is 31.2 Å². The number of aromatic amines is 1. The predicted molar refractivity (Wildman–Crippen MR) is 63.8 cm³/mol. The number of aromatic nitrogens is 1. The molecule has 1 aromatic carbocycles. The zero-order valence-corrected chi connectivity index (χ0v) is 9.84. The fourth-order valence-corrected chi connectivity index (χ4v) is 2.14. The van der Waals surface area contributed by atoms with Crippen molar-refractivity contribution in [2.45, 2.75) is 25.7 Å². The Balaban J connectivity index is 2.45. The summed E-state index contributed by atoms with van der Waals surface area (Å²) in [7, 11) is 0. The molecule has 0 saturated heterocycles. The second-order valence-electron chi connectivity index (χ2n) is 4.27. The van der Waals surface area contributed by atoms with Gasteiger partial charge in [-0.05, 0) is 13.0 Å². The summed E-state index contributed by atoms with van der Waals surface area (Å²) in [5, 5.41) is 8.97. The lowest BCUT2D eigenvalue weighted by Crippen LogP contribution is -2.16. The second kappa shape index (κ2) is 4.40. The molecule has 1 aromatic heterocycles. The van der Waals surface area contributed by atoms with Crippen molar-refractivity contribution >= 4 is 16.9 Å². The Labute approximate surface area is 102 Å². The van der Waals surface area contributed by atoms with Gasteiger partial charge in [0.05, 0.1) is 6.42 Å². The number of H-pyrrole nitrogens is 1. The maximum atomic E-state index is 14.1. The summed E-state index contributed by atoms with van der Waals surface area (Å²) in [4.78, 5) is 13.3. The maximum Gasteiger partial charge on any atom is 0.303 e. The van der Waals surface area contributed by atoms with E-state index in [1.165, 1.54) is 0 Å². The number of aliphatic carboxylic acids is 1. The number of hydrogen-bond acceptors (Lipinski definition) is 1. The molecule has 0 aliphatic rings. The average molecular weight is 253 g/mol. The van der Waals surface area contributed by atoms with Crippen LogP contribution in [-0.4, -0.2) is 16.1 Å². The summed E-state index contributed by atoms with van der Waals surface area (Å²) in [6.45, 7) is 1.57. The average Bonchev–Trinajstić information content (AvgIpc) is 2.63. The summed E-state index contributed by atoms with van der Waals surface area (Å²) in [5.74, 6) is -4.35. The van der Waals surface area contributed by atoms with E-state index in [4.69, 9.17) is 5.11 Å². The minimum absolute atomic E-state index is 0.0978. The van der Waals surface area contributed by atoms with E-state index in [1.807, 2.05) is 0 Å². The Morgan fingerprint density at radius 1 is 1.39 bits per heavy atom. The van der Waals surface area contributed by atoms with E-state index in [0.29, 0.717) is 16.6 Å². The number of carboxylic acids is 1. The van der Waals surface area contributed by atoms with Crippen molar-refractivity contribution in [1.82, 2.24) is 4.98 Å². The number of halogens is 2. The minimum Gasteiger partial charge on any atom is -0.481 e. The number of alkyl halides is 2. The molecule has 0 radical (unpaired) electrons. The molecule has 1 heterocycles. The molecule has 0 saturated carbocycles. The highest BCUT2D eigenvalue weighted by Crippen LogP contribution is 2.39. The minimum atomic E-state index is -3.14. The lowest BCUT2D eigenvalue weighted by Gasteiger charge is -2.16. The molecule has 2 N–H and O–H groups in total. The van der Waals surface area contributed by atoms with Crippen molar-refractivity contribution in [3.05, 3.63) is 35.5 Å². The largest absolute Gasteiger partial charge is 0.481 e. The smallest absolute Gasteiger partial charge is 0.303 e. The van der Waals surface area contributed by atoms with Crippen LogP contribution < -0.4 is 0 Å². The van der Waals surface area contributed by atoms with Gasteiger partial charge in [-0.3, -0.25) is 4.79 Å². The van der Waals surface area contributed by atoms with Crippen LogP contribution in [0.2, 0.25) is 0 Å². The fourth-order valence-electron chi connectivity index (χ4n) is 2.14. The predicted octanol–water partition coefficient (Wildman–Crippen LogP) is 3.43. The van der Waals surface area contributed by atoms with Crippen molar-refractivity contribution < 1.29 is 18.7 Å². The lowest BCUT2D eigenvalue weighted by molar-refractivity contribution is -0.139. The number of aryl methyl sites for hydroxylation is 1. The number of fused-ring (bicyclic) bond motifs is 1.